The molecule has 0 N–H and O–H groups in total. The van der Waals surface area contributed by atoms with Crippen molar-refractivity contribution in [3.05, 3.63) is 71.8 Å². The van der Waals surface area contributed by atoms with Crippen molar-refractivity contribution in [2.75, 3.05) is 0 Å². The maximum absolute atomic E-state index is 12.0. The van der Waals surface area contributed by atoms with Crippen LogP contribution in [0.3, 0.4) is 0 Å². The zero-order valence-electron chi connectivity index (χ0n) is 13.9. The number of ether oxygens (including phenoxy) is 1. The minimum atomic E-state index is -0.489. The first kappa shape index (κ1) is 15.2. The van der Waals surface area contributed by atoms with E-state index in [1.807, 2.05) is 0 Å². The van der Waals surface area contributed by atoms with E-state index in [-0.39, 0.29) is 5.97 Å². The lowest BCUT2D eigenvalue weighted by atomic mass is 9.76. The molecule has 0 amide bonds. The summed E-state index contributed by atoms with van der Waals surface area (Å²) in [6.07, 6.45) is 7.42. The summed E-state index contributed by atoms with van der Waals surface area (Å²) in [6.45, 7) is 3.58. The molecule has 0 aromatic heterocycles. The minimum absolute atomic E-state index is 0.315. The van der Waals surface area contributed by atoms with Crippen molar-refractivity contribution in [3.63, 3.8) is 0 Å². The van der Waals surface area contributed by atoms with E-state index in [0.29, 0.717) is 0 Å². The van der Waals surface area contributed by atoms with Gasteiger partial charge in [-0.3, -0.25) is 0 Å². The van der Waals surface area contributed by atoms with Crippen molar-refractivity contribution < 1.29 is 9.53 Å². The molecule has 24 heavy (non-hydrogen) atoms. The number of rotatable bonds is 3. The highest BCUT2D eigenvalue weighted by molar-refractivity contribution is 5.82. The van der Waals surface area contributed by atoms with Gasteiger partial charge in [0.05, 0.1) is 0 Å². The van der Waals surface area contributed by atoms with Gasteiger partial charge in [-0.05, 0) is 59.9 Å². The lowest BCUT2D eigenvalue weighted by molar-refractivity contribution is -0.158. The summed E-state index contributed by atoms with van der Waals surface area (Å²) in [5, 5.41) is 0. The largest absolute Gasteiger partial charge is 0.451 e. The molecule has 0 unspecified atom stereocenters. The van der Waals surface area contributed by atoms with Gasteiger partial charge in [-0.1, -0.05) is 55.5 Å². The molecule has 0 saturated heterocycles. The fourth-order valence-corrected chi connectivity index (χ4v) is 4.37. The maximum Gasteiger partial charge on any atom is 0.331 e. The number of hydrogen-bond acceptors (Lipinski definition) is 2. The Morgan fingerprint density at radius 1 is 1.00 bits per heavy atom. The molecule has 2 aliphatic carbocycles. The second-order valence-electron chi connectivity index (χ2n) is 6.85. The fourth-order valence-electron chi connectivity index (χ4n) is 4.37. The molecule has 0 spiro atoms. The zero-order valence-corrected chi connectivity index (χ0v) is 13.9. The lowest BCUT2D eigenvalue weighted by Gasteiger charge is -2.38. The van der Waals surface area contributed by atoms with Crippen molar-refractivity contribution in [3.8, 4) is 11.1 Å². The topological polar surface area (TPSA) is 26.3 Å². The molecule has 2 aromatic carbocycles. The van der Waals surface area contributed by atoms with Crippen LogP contribution in [0.5, 0.6) is 0 Å². The fraction of sp³-hybridized carbons (Fsp3) is 0.318. The highest BCUT2D eigenvalue weighted by atomic mass is 16.6. The van der Waals surface area contributed by atoms with Crippen LogP contribution in [0.4, 0.5) is 0 Å². The van der Waals surface area contributed by atoms with Gasteiger partial charge < -0.3 is 4.74 Å². The molecular weight excluding hydrogens is 296 g/mol. The van der Waals surface area contributed by atoms with E-state index in [1.54, 1.807) is 0 Å². The van der Waals surface area contributed by atoms with Crippen molar-refractivity contribution in [1.29, 1.82) is 0 Å². The maximum atomic E-state index is 12.0. The summed E-state index contributed by atoms with van der Waals surface area (Å²) in [5.41, 5.74) is 6.01. The Morgan fingerprint density at radius 2 is 1.75 bits per heavy atom. The van der Waals surface area contributed by atoms with Gasteiger partial charge in [0.25, 0.3) is 0 Å². The van der Waals surface area contributed by atoms with E-state index >= 15 is 0 Å². The molecular formula is C22H22O2. The van der Waals surface area contributed by atoms with Gasteiger partial charge >= 0.3 is 5.97 Å². The van der Waals surface area contributed by atoms with Gasteiger partial charge in [0.2, 0.25) is 0 Å². The molecule has 0 atom stereocenters. The quantitative estimate of drug-likeness (QED) is 0.493. The van der Waals surface area contributed by atoms with Gasteiger partial charge in [0, 0.05) is 6.08 Å². The van der Waals surface area contributed by atoms with E-state index in [9.17, 15) is 4.79 Å². The molecule has 2 nitrogen and oxygen atoms in total. The van der Waals surface area contributed by atoms with Gasteiger partial charge in [-0.2, -0.15) is 0 Å². The first-order valence-electron chi connectivity index (χ1n) is 8.79. The number of carbonyl (C=O) groups is 1. The Morgan fingerprint density at radius 3 is 2.54 bits per heavy atom. The van der Waals surface area contributed by atoms with Gasteiger partial charge in [-0.15, -0.1) is 0 Å². The van der Waals surface area contributed by atoms with Gasteiger partial charge in [-0.25, -0.2) is 4.79 Å². The number of carbonyl (C=O) groups excluding carboxylic acids is 1. The summed E-state index contributed by atoms with van der Waals surface area (Å²) in [6, 6.07) is 15.0. The molecule has 122 valence electrons. The van der Waals surface area contributed by atoms with E-state index < -0.39 is 5.60 Å². The summed E-state index contributed by atoms with van der Waals surface area (Å²) < 4.78 is 5.98. The molecule has 2 heteroatoms. The van der Waals surface area contributed by atoms with E-state index in [0.717, 1.165) is 32.1 Å². The summed E-state index contributed by atoms with van der Waals surface area (Å²) >= 11 is 0. The number of hydrogen-bond donors (Lipinski definition) is 0. The van der Waals surface area contributed by atoms with Crippen LogP contribution in [-0.4, -0.2) is 5.97 Å². The van der Waals surface area contributed by atoms with Crippen molar-refractivity contribution >= 4 is 5.97 Å². The van der Waals surface area contributed by atoms with Crippen LogP contribution in [0.2, 0.25) is 0 Å². The van der Waals surface area contributed by atoms with Crippen LogP contribution in [0.1, 0.15) is 48.8 Å². The summed E-state index contributed by atoms with van der Waals surface area (Å²) in [5.74, 6) is -0.315. The van der Waals surface area contributed by atoms with Crippen LogP contribution in [-0.2, 0) is 21.6 Å². The standard InChI is InChI=1S/C22H22O2/c1-2-21(23)24-22(13-6-3-7-14-22)20-12-8-11-18-17-10-5-4-9-16(17)15-19(18)20/h2,4-5,8-12H,1,3,6-7,13-15H2. The third kappa shape index (κ3) is 2.37. The van der Waals surface area contributed by atoms with Crippen LogP contribution >= 0.6 is 0 Å². The van der Waals surface area contributed by atoms with E-state index in [2.05, 4.69) is 49.0 Å². The van der Waals surface area contributed by atoms with Crippen molar-refractivity contribution in [2.24, 2.45) is 0 Å². The molecule has 0 bridgehead atoms. The van der Waals surface area contributed by atoms with Gasteiger partial charge in [0.1, 0.15) is 5.60 Å². The minimum Gasteiger partial charge on any atom is -0.451 e. The normalized spacial score (nSPS) is 17.7. The molecule has 2 aromatic rings. The van der Waals surface area contributed by atoms with Crippen molar-refractivity contribution in [1.82, 2.24) is 0 Å². The first-order chi connectivity index (χ1) is 11.7. The summed E-state index contributed by atoms with van der Waals surface area (Å²) in [7, 11) is 0. The lowest BCUT2D eigenvalue weighted by Crippen LogP contribution is -2.35. The number of benzene rings is 2. The molecule has 2 aliphatic rings. The predicted octanol–water partition coefficient (Wildman–Crippen LogP) is 5.15. The Labute approximate surface area is 143 Å². The van der Waals surface area contributed by atoms with Crippen LogP contribution in [0.25, 0.3) is 11.1 Å². The highest BCUT2D eigenvalue weighted by Crippen LogP contribution is 2.47. The highest BCUT2D eigenvalue weighted by Gasteiger charge is 2.40. The number of esters is 1. The SMILES string of the molecule is C=CC(=O)OC1(c2cccc3c2Cc2ccccc2-3)CCCCC1. The van der Waals surface area contributed by atoms with Crippen LogP contribution in [0, 0.1) is 0 Å². The third-order valence-corrected chi connectivity index (χ3v) is 5.47. The molecule has 1 saturated carbocycles. The Balaban J connectivity index is 1.83. The molecule has 0 heterocycles. The molecule has 1 fully saturated rings. The number of fused-ring (bicyclic) bond motifs is 3. The monoisotopic (exact) mass is 318 g/mol. The van der Waals surface area contributed by atoms with Crippen LogP contribution in [0.15, 0.2) is 55.1 Å². The van der Waals surface area contributed by atoms with Crippen molar-refractivity contribution in [2.45, 2.75) is 44.1 Å². The van der Waals surface area contributed by atoms with Crippen LogP contribution < -0.4 is 0 Å². The average molecular weight is 318 g/mol. The summed E-state index contributed by atoms with van der Waals surface area (Å²) in [4.78, 5) is 12.0. The van der Waals surface area contributed by atoms with E-state index in [1.165, 1.54) is 40.3 Å². The zero-order chi connectivity index (χ0) is 16.6. The smallest absolute Gasteiger partial charge is 0.331 e. The Hall–Kier alpha value is -2.35. The molecule has 4 rings (SSSR count). The average Bonchev–Trinajstić information content (AvgIpc) is 3.01. The molecule has 0 radical (unpaired) electrons. The van der Waals surface area contributed by atoms with Gasteiger partial charge in [0.15, 0.2) is 0 Å². The Kier molecular flexibility index (Phi) is 3.76. The molecule has 0 aliphatic heterocycles. The van der Waals surface area contributed by atoms with E-state index in [4.69, 9.17) is 4.74 Å². The second-order valence-corrected chi connectivity index (χ2v) is 6.85. The predicted molar refractivity (Wildman–Crippen MR) is 95.7 cm³/mol. The first-order valence-corrected chi connectivity index (χ1v) is 8.79. The second kappa shape index (κ2) is 5.94. The third-order valence-electron chi connectivity index (χ3n) is 5.47. The Bertz CT molecular complexity index is 797.